The zero-order valence-corrected chi connectivity index (χ0v) is 16.1. The lowest BCUT2D eigenvalue weighted by Gasteiger charge is -2.13. The number of rotatable bonds is 4. The highest BCUT2D eigenvalue weighted by atomic mass is 79.9. The minimum absolute atomic E-state index is 0.314. The number of nitrogens with zero attached hydrogens (tertiary/aromatic N) is 2. The van der Waals surface area contributed by atoms with E-state index in [0.717, 1.165) is 4.47 Å². The van der Waals surface area contributed by atoms with Gasteiger partial charge < -0.3 is 14.8 Å². The van der Waals surface area contributed by atoms with Gasteiger partial charge in [-0.3, -0.25) is 9.20 Å². The summed E-state index contributed by atoms with van der Waals surface area (Å²) in [5, 5.41) is 3.24. The van der Waals surface area contributed by atoms with Crippen LogP contribution in [-0.4, -0.2) is 29.5 Å². The monoisotopic (exact) mass is 423 g/mol. The number of amides is 1. The molecule has 0 spiro atoms. The Kier molecular flexibility index (Phi) is 4.87. The van der Waals surface area contributed by atoms with E-state index in [1.807, 2.05) is 12.1 Å². The summed E-state index contributed by atoms with van der Waals surface area (Å²) in [6.45, 7) is 1.79. The molecule has 1 aromatic carbocycles. The number of nitrogens with one attached hydrogen (secondary N) is 1. The van der Waals surface area contributed by atoms with Crippen LogP contribution in [-0.2, 0) is 0 Å². The number of ether oxygens (including phenoxy) is 2. The normalized spacial score (nSPS) is 10.8. The zero-order chi connectivity index (χ0) is 18.1. The Morgan fingerprint density at radius 1 is 1.24 bits per heavy atom. The summed E-state index contributed by atoms with van der Waals surface area (Å²) in [5.41, 5.74) is 2.20. The van der Waals surface area contributed by atoms with Crippen LogP contribution < -0.4 is 14.8 Å². The molecule has 0 aliphatic rings. The first-order valence-corrected chi connectivity index (χ1v) is 8.48. The van der Waals surface area contributed by atoms with E-state index in [1.165, 1.54) is 14.2 Å². The van der Waals surface area contributed by atoms with Crippen LogP contribution >= 0.6 is 27.5 Å². The summed E-state index contributed by atoms with van der Waals surface area (Å²) >= 11 is 9.51. The van der Waals surface area contributed by atoms with Gasteiger partial charge in [-0.15, -0.1) is 0 Å². The van der Waals surface area contributed by atoms with Crippen LogP contribution in [0.3, 0.4) is 0 Å². The minimum atomic E-state index is -0.314. The quantitative estimate of drug-likeness (QED) is 0.677. The van der Waals surface area contributed by atoms with E-state index in [0.29, 0.717) is 39.2 Å². The second kappa shape index (κ2) is 6.93. The van der Waals surface area contributed by atoms with Crippen molar-refractivity contribution < 1.29 is 14.3 Å². The highest BCUT2D eigenvalue weighted by molar-refractivity contribution is 9.10. The highest BCUT2D eigenvalue weighted by Gasteiger charge is 2.19. The van der Waals surface area contributed by atoms with E-state index >= 15 is 0 Å². The summed E-state index contributed by atoms with van der Waals surface area (Å²) in [6.07, 6.45) is 1.80. The van der Waals surface area contributed by atoms with Crippen LogP contribution in [0, 0.1) is 6.92 Å². The predicted octanol–water partition coefficient (Wildman–Crippen LogP) is 4.33. The molecule has 0 unspecified atom stereocenters. The number of hydrogen-bond acceptors (Lipinski definition) is 4. The zero-order valence-electron chi connectivity index (χ0n) is 13.8. The van der Waals surface area contributed by atoms with Crippen molar-refractivity contribution in [2.45, 2.75) is 6.92 Å². The molecule has 0 fully saturated rings. The minimum Gasteiger partial charge on any atom is -0.495 e. The largest absolute Gasteiger partial charge is 0.495 e. The molecule has 25 heavy (non-hydrogen) atoms. The molecule has 1 N–H and O–H groups in total. The molecule has 0 aliphatic carbocycles. The lowest BCUT2D eigenvalue weighted by Crippen LogP contribution is -2.16. The Hall–Kier alpha value is -2.25. The molecular formula is C17H15BrClN3O3. The number of aromatic nitrogens is 2. The van der Waals surface area contributed by atoms with Crippen LogP contribution in [0.2, 0.25) is 5.02 Å². The molecule has 0 saturated carbocycles. The number of anilines is 1. The van der Waals surface area contributed by atoms with E-state index in [9.17, 15) is 4.79 Å². The maximum absolute atomic E-state index is 12.9. The standard InChI is InChI=1S/C17H15BrClN3O3/c1-9-16(22-8-10(18)4-5-15(22)20-9)17(23)21-12-7-13(24-2)11(19)6-14(12)25-3/h4-8H,1-3H3,(H,21,23). The van der Waals surface area contributed by atoms with Crippen molar-refractivity contribution >= 4 is 44.8 Å². The fourth-order valence-corrected chi connectivity index (χ4v) is 3.12. The second-order valence-corrected chi connectivity index (χ2v) is 6.59. The van der Waals surface area contributed by atoms with E-state index in [2.05, 4.69) is 26.2 Å². The Bertz CT molecular complexity index is 971. The molecule has 8 heteroatoms. The molecule has 0 atom stereocenters. The SMILES string of the molecule is COc1cc(NC(=O)c2c(C)nc3ccc(Br)cn23)c(OC)cc1Cl. The van der Waals surface area contributed by atoms with Crippen molar-refractivity contribution in [3.8, 4) is 11.5 Å². The lowest BCUT2D eigenvalue weighted by molar-refractivity contribution is 0.102. The van der Waals surface area contributed by atoms with Gasteiger partial charge in [-0.1, -0.05) is 11.6 Å². The number of pyridine rings is 1. The van der Waals surface area contributed by atoms with Crippen LogP contribution in [0.1, 0.15) is 16.2 Å². The Morgan fingerprint density at radius 3 is 2.64 bits per heavy atom. The number of hydrogen-bond donors (Lipinski definition) is 1. The smallest absolute Gasteiger partial charge is 0.274 e. The van der Waals surface area contributed by atoms with E-state index < -0.39 is 0 Å². The summed E-state index contributed by atoms with van der Waals surface area (Å²) in [5.74, 6) is 0.563. The molecule has 3 aromatic rings. The molecular weight excluding hydrogens is 410 g/mol. The number of fused-ring (bicyclic) bond motifs is 1. The average Bonchev–Trinajstić information content (AvgIpc) is 2.91. The molecule has 3 rings (SSSR count). The van der Waals surface area contributed by atoms with Gasteiger partial charge >= 0.3 is 0 Å². The molecule has 2 heterocycles. The van der Waals surface area contributed by atoms with Gasteiger partial charge in [0.2, 0.25) is 0 Å². The van der Waals surface area contributed by atoms with Crippen molar-refractivity contribution in [3.05, 3.63) is 51.3 Å². The molecule has 2 aromatic heterocycles. The van der Waals surface area contributed by atoms with E-state index in [4.69, 9.17) is 21.1 Å². The van der Waals surface area contributed by atoms with Gasteiger partial charge in [0.1, 0.15) is 22.8 Å². The third-order valence-electron chi connectivity index (χ3n) is 3.69. The third-order valence-corrected chi connectivity index (χ3v) is 4.46. The number of benzene rings is 1. The maximum Gasteiger partial charge on any atom is 0.274 e. The van der Waals surface area contributed by atoms with Crippen LogP contribution in [0.4, 0.5) is 5.69 Å². The number of carbonyl (C=O) groups excluding carboxylic acids is 1. The van der Waals surface area contributed by atoms with Gasteiger partial charge in [-0.25, -0.2) is 4.98 Å². The number of imidazole rings is 1. The summed E-state index contributed by atoms with van der Waals surface area (Å²) < 4.78 is 13.1. The fraction of sp³-hybridized carbons (Fsp3) is 0.176. The van der Waals surface area contributed by atoms with E-state index in [-0.39, 0.29) is 5.91 Å². The fourth-order valence-electron chi connectivity index (χ4n) is 2.55. The van der Waals surface area contributed by atoms with Gasteiger partial charge in [-0.2, -0.15) is 0 Å². The Morgan fingerprint density at radius 2 is 1.96 bits per heavy atom. The maximum atomic E-state index is 12.9. The van der Waals surface area contributed by atoms with Crippen LogP contribution in [0.25, 0.3) is 5.65 Å². The van der Waals surface area contributed by atoms with Crippen molar-refractivity contribution in [1.82, 2.24) is 9.38 Å². The number of methoxy groups -OCH3 is 2. The van der Waals surface area contributed by atoms with Gasteiger partial charge in [0.05, 0.1) is 30.6 Å². The van der Waals surface area contributed by atoms with Crippen molar-refractivity contribution in [3.63, 3.8) is 0 Å². The van der Waals surface area contributed by atoms with Gasteiger partial charge in [-0.05, 0) is 35.0 Å². The number of carbonyl (C=O) groups is 1. The Balaban J connectivity index is 2.04. The highest BCUT2D eigenvalue weighted by Crippen LogP contribution is 2.36. The number of aryl methyl sites for hydroxylation is 1. The molecule has 0 aliphatic heterocycles. The lowest BCUT2D eigenvalue weighted by atomic mass is 10.2. The number of halogens is 2. The van der Waals surface area contributed by atoms with Gasteiger partial charge in [0.25, 0.3) is 5.91 Å². The van der Waals surface area contributed by atoms with Crippen molar-refractivity contribution in [2.75, 3.05) is 19.5 Å². The molecule has 0 radical (unpaired) electrons. The molecule has 1 amide bonds. The Labute approximate surface area is 157 Å². The second-order valence-electron chi connectivity index (χ2n) is 5.26. The first kappa shape index (κ1) is 17.6. The van der Waals surface area contributed by atoms with Gasteiger partial charge in [0.15, 0.2) is 0 Å². The molecule has 0 bridgehead atoms. The average molecular weight is 425 g/mol. The summed E-state index contributed by atoms with van der Waals surface area (Å²) in [4.78, 5) is 17.3. The predicted molar refractivity (Wildman–Crippen MR) is 100 cm³/mol. The van der Waals surface area contributed by atoms with Gasteiger partial charge in [0, 0.05) is 22.8 Å². The van der Waals surface area contributed by atoms with E-state index in [1.54, 1.807) is 29.7 Å². The van der Waals surface area contributed by atoms with Crippen LogP contribution in [0.15, 0.2) is 34.9 Å². The topological polar surface area (TPSA) is 64.9 Å². The molecule has 0 saturated heterocycles. The van der Waals surface area contributed by atoms with Crippen LogP contribution in [0.5, 0.6) is 11.5 Å². The first-order chi connectivity index (χ1) is 11.9. The first-order valence-electron chi connectivity index (χ1n) is 7.31. The summed E-state index contributed by atoms with van der Waals surface area (Å²) in [6, 6.07) is 6.91. The molecule has 6 nitrogen and oxygen atoms in total. The third kappa shape index (κ3) is 3.29. The molecule has 130 valence electrons. The van der Waals surface area contributed by atoms with Crippen molar-refractivity contribution in [2.24, 2.45) is 0 Å². The summed E-state index contributed by atoms with van der Waals surface area (Å²) in [7, 11) is 3.01. The van der Waals surface area contributed by atoms with Crippen molar-refractivity contribution in [1.29, 1.82) is 0 Å².